The van der Waals surface area contributed by atoms with E-state index in [1.165, 1.54) is 5.56 Å². The van der Waals surface area contributed by atoms with Gasteiger partial charge in [0.2, 0.25) is 0 Å². The molecule has 0 fully saturated rings. The van der Waals surface area contributed by atoms with Crippen molar-refractivity contribution in [3.05, 3.63) is 58.3 Å². The van der Waals surface area contributed by atoms with Gasteiger partial charge in [0.15, 0.2) is 0 Å². The number of aryl methyl sites for hydroxylation is 1. The van der Waals surface area contributed by atoms with Gasteiger partial charge in [0.25, 0.3) is 0 Å². The number of anilines is 1. The zero-order valence-electron chi connectivity index (χ0n) is 12.4. The molecule has 0 amide bonds. The van der Waals surface area contributed by atoms with Crippen LogP contribution in [0, 0.1) is 6.92 Å². The quantitative estimate of drug-likeness (QED) is 0.755. The predicted molar refractivity (Wildman–Crippen MR) is 92.3 cm³/mol. The lowest BCUT2D eigenvalue weighted by Gasteiger charge is -2.08. The lowest BCUT2D eigenvalue weighted by atomic mass is 10.2. The Morgan fingerprint density at radius 3 is 2.68 bits per heavy atom. The first kappa shape index (κ1) is 14.8. The van der Waals surface area contributed by atoms with Gasteiger partial charge < -0.3 is 10.1 Å². The summed E-state index contributed by atoms with van der Waals surface area (Å²) in [7, 11) is 1.67. The van der Waals surface area contributed by atoms with Crippen LogP contribution >= 0.6 is 15.9 Å². The SMILES string of the molecule is COc1ccc(CNc2cc3nc(C)c(Br)cc3cn2)cc1. The highest BCUT2D eigenvalue weighted by Gasteiger charge is 2.03. The molecular formula is C17H16BrN3O. The molecule has 2 aromatic heterocycles. The molecule has 3 rings (SSSR count). The molecule has 0 unspecified atom stereocenters. The average molecular weight is 358 g/mol. The minimum absolute atomic E-state index is 0.706. The molecule has 0 radical (unpaired) electrons. The fraction of sp³-hybridized carbons (Fsp3) is 0.176. The maximum Gasteiger partial charge on any atom is 0.128 e. The molecule has 0 saturated heterocycles. The van der Waals surface area contributed by atoms with Crippen molar-refractivity contribution < 1.29 is 4.74 Å². The fourth-order valence-electron chi connectivity index (χ4n) is 2.17. The summed E-state index contributed by atoms with van der Waals surface area (Å²) in [5.41, 5.74) is 3.08. The van der Waals surface area contributed by atoms with Crippen molar-refractivity contribution in [2.75, 3.05) is 12.4 Å². The van der Waals surface area contributed by atoms with E-state index < -0.39 is 0 Å². The molecule has 2 heterocycles. The molecule has 112 valence electrons. The number of hydrogen-bond donors (Lipinski definition) is 1. The molecule has 1 N–H and O–H groups in total. The van der Waals surface area contributed by atoms with Crippen molar-refractivity contribution in [3.63, 3.8) is 0 Å². The third kappa shape index (κ3) is 3.20. The van der Waals surface area contributed by atoms with Gasteiger partial charge in [-0.3, -0.25) is 4.98 Å². The Morgan fingerprint density at radius 2 is 1.95 bits per heavy atom. The Balaban J connectivity index is 1.77. The number of hydrogen-bond acceptors (Lipinski definition) is 4. The van der Waals surface area contributed by atoms with Gasteiger partial charge in [-0.05, 0) is 46.6 Å². The number of nitrogens with one attached hydrogen (secondary N) is 1. The zero-order chi connectivity index (χ0) is 15.5. The molecule has 0 aliphatic carbocycles. The second-order valence-electron chi connectivity index (χ2n) is 5.02. The Labute approximate surface area is 137 Å². The lowest BCUT2D eigenvalue weighted by molar-refractivity contribution is 0.414. The summed E-state index contributed by atoms with van der Waals surface area (Å²) in [5, 5.41) is 4.34. The van der Waals surface area contributed by atoms with Crippen molar-refractivity contribution in [1.29, 1.82) is 0 Å². The van der Waals surface area contributed by atoms with Gasteiger partial charge >= 0.3 is 0 Å². The number of nitrogens with zero attached hydrogens (tertiary/aromatic N) is 2. The third-order valence-corrected chi connectivity index (χ3v) is 4.26. The van der Waals surface area contributed by atoms with Crippen LogP contribution in [0.2, 0.25) is 0 Å². The summed E-state index contributed by atoms with van der Waals surface area (Å²) >= 11 is 3.49. The van der Waals surface area contributed by atoms with Crippen LogP contribution in [0.4, 0.5) is 5.82 Å². The van der Waals surface area contributed by atoms with Crippen molar-refractivity contribution in [3.8, 4) is 5.75 Å². The van der Waals surface area contributed by atoms with E-state index in [4.69, 9.17) is 4.74 Å². The number of fused-ring (bicyclic) bond motifs is 1. The second kappa shape index (κ2) is 6.32. The molecule has 0 saturated carbocycles. The van der Waals surface area contributed by atoms with Crippen molar-refractivity contribution in [2.45, 2.75) is 13.5 Å². The molecule has 1 aromatic carbocycles. The first-order valence-electron chi connectivity index (χ1n) is 6.95. The van der Waals surface area contributed by atoms with E-state index in [2.05, 4.69) is 31.2 Å². The Bertz CT molecular complexity index is 803. The van der Waals surface area contributed by atoms with Crippen molar-refractivity contribution in [2.24, 2.45) is 0 Å². The largest absolute Gasteiger partial charge is 0.497 e. The Hall–Kier alpha value is -2.14. The summed E-state index contributed by atoms with van der Waals surface area (Å²) in [5.74, 6) is 1.68. The van der Waals surface area contributed by atoms with Crippen LogP contribution in [0.1, 0.15) is 11.3 Å². The molecule has 0 bridgehead atoms. The van der Waals surface area contributed by atoms with E-state index in [0.717, 1.165) is 32.6 Å². The highest BCUT2D eigenvalue weighted by molar-refractivity contribution is 9.10. The maximum absolute atomic E-state index is 5.16. The van der Waals surface area contributed by atoms with Crippen LogP contribution in [0.25, 0.3) is 10.9 Å². The molecule has 0 atom stereocenters. The molecule has 5 heteroatoms. The van der Waals surface area contributed by atoms with Gasteiger partial charge in [-0.25, -0.2) is 4.98 Å². The normalized spacial score (nSPS) is 10.7. The summed E-state index contributed by atoms with van der Waals surface area (Å²) in [6.45, 7) is 2.69. The van der Waals surface area contributed by atoms with E-state index in [0.29, 0.717) is 6.54 Å². The minimum Gasteiger partial charge on any atom is -0.497 e. The molecule has 0 spiro atoms. The molecule has 0 aliphatic rings. The van der Waals surface area contributed by atoms with E-state index in [9.17, 15) is 0 Å². The standard InChI is InChI=1S/C17H16BrN3O/c1-11-15(18)7-13-10-20-17(8-16(13)21-11)19-9-12-3-5-14(22-2)6-4-12/h3-8,10H,9H2,1-2H3,(H,19,20). The van der Waals surface area contributed by atoms with Gasteiger partial charge in [-0.1, -0.05) is 12.1 Å². The first-order valence-corrected chi connectivity index (χ1v) is 7.75. The molecule has 4 nitrogen and oxygen atoms in total. The van der Waals surface area contributed by atoms with Crippen LogP contribution in [0.15, 0.2) is 47.1 Å². The second-order valence-corrected chi connectivity index (χ2v) is 5.87. The number of rotatable bonds is 4. The fourth-order valence-corrected chi connectivity index (χ4v) is 2.51. The predicted octanol–water partition coefficient (Wildman–Crippen LogP) is 4.32. The molecule has 0 aliphatic heterocycles. The lowest BCUT2D eigenvalue weighted by Crippen LogP contribution is -2.01. The monoisotopic (exact) mass is 357 g/mol. The molecule has 3 aromatic rings. The van der Waals surface area contributed by atoms with E-state index in [-0.39, 0.29) is 0 Å². The van der Waals surface area contributed by atoms with Crippen LogP contribution in [0.5, 0.6) is 5.75 Å². The summed E-state index contributed by atoms with van der Waals surface area (Å²) in [6, 6.07) is 12.0. The first-order chi connectivity index (χ1) is 10.7. The van der Waals surface area contributed by atoms with Crippen LogP contribution in [-0.4, -0.2) is 17.1 Å². The third-order valence-electron chi connectivity index (χ3n) is 3.46. The number of pyridine rings is 2. The van der Waals surface area contributed by atoms with Gasteiger partial charge in [0.1, 0.15) is 11.6 Å². The average Bonchev–Trinajstić information content (AvgIpc) is 2.54. The van der Waals surface area contributed by atoms with Gasteiger partial charge in [-0.2, -0.15) is 0 Å². The van der Waals surface area contributed by atoms with Crippen molar-refractivity contribution >= 4 is 32.7 Å². The summed E-state index contributed by atoms with van der Waals surface area (Å²) < 4.78 is 6.16. The smallest absolute Gasteiger partial charge is 0.128 e. The molecule has 22 heavy (non-hydrogen) atoms. The zero-order valence-corrected chi connectivity index (χ0v) is 14.0. The van der Waals surface area contributed by atoms with E-state index >= 15 is 0 Å². The minimum atomic E-state index is 0.706. The topological polar surface area (TPSA) is 47.0 Å². The Morgan fingerprint density at radius 1 is 1.18 bits per heavy atom. The number of aromatic nitrogens is 2. The summed E-state index contributed by atoms with van der Waals surface area (Å²) in [6.07, 6.45) is 1.84. The maximum atomic E-state index is 5.16. The van der Waals surface area contributed by atoms with E-state index in [1.807, 2.05) is 49.5 Å². The highest BCUT2D eigenvalue weighted by atomic mass is 79.9. The number of benzene rings is 1. The van der Waals surface area contributed by atoms with Gasteiger partial charge in [-0.15, -0.1) is 0 Å². The van der Waals surface area contributed by atoms with E-state index in [1.54, 1.807) is 7.11 Å². The van der Waals surface area contributed by atoms with Gasteiger partial charge in [0, 0.05) is 28.7 Å². The Kier molecular flexibility index (Phi) is 4.24. The number of halogens is 1. The van der Waals surface area contributed by atoms with Crippen LogP contribution in [-0.2, 0) is 6.54 Å². The highest BCUT2D eigenvalue weighted by Crippen LogP contribution is 2.22. The number of methoxy groups -OCH3 is 1. The number of ether oxygens (including phenoxy) is 1. The van der Waals surface area contributed by atoms with Crippen LogP contribution < -0.4 is 10.1 Å². The van der Waals surface area contributed by atoms with Crippen molar-refractivity contribution in [1.82, 2.24) is 9.97 Å². The van der Waals surface area contributed by atoms with Crippen LogP contribution in [0.3, 0.4) is 0 Å². The van der Waals surface area contributed by atoms with Gasteiger partial charge in [0.05, 0.1) is 18.3 Å². The summed E-state index contributed by atoms with van der Waals surface area (Å²) in [4.78, 5) is 9.00. The molecular weight excluding hydrogens is 342 g/mol.